The summed E-state index contributed by atoms with van der Waals surface area (Å²) >= 11 is 13.3. The molecule has 2 amide bonds. The zero-order valence-corrected chi connectivity index (χ0v) is 19.9. The molecule has 0 saturated carbocycles. The Kier molecular flexibility index (Phi) is 7.97. The topological polar surface area (TPSA) is 101 Å². The highest BCUT2D eigenvalue weighted by Crippen LogP contribution is 2.28. The van der Waals surface area contributed by atoms with E-state index in [0.29, 0.717) is 22.0 Å². The molecule has 1 atom stereocenters. The predicted molar refractivity (Wildman–Crippen MR) is 133 cm³/mol. The fourth-order valence-corrected chi connectivity index (χ4v) is 4.20. The summed E-state index contributed by atoms with van der Waals surface area (Å²) in [6.07, 6.45) is 0. The number of non-ortho nitro benzene ring substituents is 1. The summed E-state index contributed by atoms with van der Waals surface area (Å²) < 4.78 is 0. The largest absolute Gasteiger partial charge is 0.325 e. The smallest absolute Gasteiger partial charge is 0.271 e. The summed E-state index contributed by atoms with van der Waals surface area (Å²) in [5.41, 5.74) is 1.92. The van der Waals surface area contributed by atoms with Crippen molar-refractivity contribution in [3.8, 4) is 0 Å². The third kappa shape index (κ3) is 6.47. The minimum absolute atomic E-state index is 0.0891. The van der Waals surface area contributed by atoms with Crippen molar-refractivity contribution in [2.45, 2.75) is 24.0 Å². The highest BCUT2D eigenvalue weighted by molar-refractivity contribution is 8.00. The second-order valence-electron chi connectivity index (χ2n) is 7.11. The summed E-state index contributed by atoms with van der Waals surface area (Å²) in [6, 6.07) is 16.0. The number of amides is 2. The number of carbonyl (C=O) groups is 2. The van der Waals surface area contributed by atoms with Crippen LogP contribution in [0, 0.1) is 17.0 Å². The van der Waals surface area contributed by atoms with E-state index in [0.717, 1.165) is 10.5 Å². The number of benzene rings is 3. The maximum absolute atomic E-state index is 12.6. The minimum atomic E-state index is -0.505. The SMILES string of the molecule is Cc1ccc([N+](=O)[O-])cc1NC(=O)C(C)Sc1ccc(NC(=O)c2ccc(Cl)cc2Cl)cc1. The molecular weight excluding hydrogens is 485 g/mol. The quantitative estimate of drug-likeness (QED) is 0.215. The Morgan fingerprint density at radius 1 is 1.00 bits per heavy atom. The van der Waals surface area contributed by atoms with Crippen LogP contribution in [0.3, 0.4) is 0 Å². The van der Waals surface area contributed by atoms with Gasteiger partial charge < -0.3 is 10.6 Å². The Bertz CT molecular complexity index is 1220. The first-order valence-electron chi connectivity index (χ1n) is 9.73. The summed E-state index contributed by atoms with van der Waals surface area (Å²) in [6.45, 7) is 3.51. The lowest BCUT2D eigenvalue weighted by atomic mass is 10.2. The van der Waals surface area contributed by atoms with Gasteiger partial charge >= 0.3 is 0 Å². The standard InChI is InChI=1S/C23H19Cl2N3O4S/c1-13-3-7-17(28(31)32)12-21(13)27-22(29)14(2)33-18-8-5-16(6-9-18)26-23(30)19-10-4-15(24)11-20(19)25/h3-12,14H,1-2H3,(H,26,30)(H,27,29). The van der Waals surface area contributed by atoms with Crippen molar-refractivity contribution in [3.63, 3.8) is 0 Å². The van der Waals surface area contributed by atoms with Crippen LogP contribution < -0.4 is 10.6 Å². The molecule has 7 nitrogen and oxygen atoms in total. The van der Waals surface area contributed by atoms with E-state index in [1.165, 1.54) is 30.0 Å². The molecule has 0 heterocycles. The monoisotopic (exact) mass is 503 g/mol. The molecule has 0 aliphatic rings. The van der Waals surface area contributed by atoms with E-state index in [4.69, 9.17) is 23.2 Å². The maximum Gasteiger partial charge on any atom is 0.271 e. The third-order valence-electron chi connectivity index (χ3n) is 4.66. The molecule has 3 aromatic rings. The van der Waals surface area contributed by atoms with Gasteiger partial charge in [-0.3, -0.25) is 19.7 Å². The molecular formula is C23H19Cl2N3O4S. The van der Waals surface area contributed by atoms with Gasteiger partial charge in [-0.15, -0.1) is 11.8 Å². The fourth-order valence-electron chi connectivity index (χ4n) is 2.84. The second-order valence-corrected chi connectivity index (χ2v) is 9.37. The van der Waals surface area contributed by atoms with Crippen molar-refractivity contribution in [2.75, 3.05) is 10.6 Å². The van der Waals surface area contributed by atoms with E-state index in [1.807, 2.05) is 0 Å². The Morgan fingerprint density at radius 2 is 1.70 bits per heavy atom. The molecule has 3 aromatic carbocycles. The number of nitro benzene ring substituents is 1. The van der Waals surface area contributed by atoms with Crippen LogP contribution in [0.4, 0.5) is 17.1 Å². The molecule has 0 fully saturated rings. The average Bonchev–Trinajstić information content (AvgIpc) is 2.76. The molecule has 0 saturated heterocycles. The van der Waals surface area contributed by atoms with Crippen molar-refractivity contribution < 1.29 is 14.5 Å². The average molecular weight is 504 g/mol. The minimum Gasteiger partial charge on any atom is -0.325 e. The highest BCUT2D eigenvalue weighted by Gasteiger charge is 2.17. The molecule has 0 aromatic heterocycles. The van der Waals surface area contributed by atoms with Gasteiger partial charge in [-0.05, 0) is 61.9 Å². The van der Waals surface area contributed by atoms with E-state index in [-0.39, 0.29) is 22.5 Å². The van der Waals surface area contributed by atoms with Crippen molar-refractivity contribution in [2.24, 2.45) is 0 Å². The van der Waals surface area contributed by atoms with Gasteiger partial charge in [0.15, 0.2) is 0 Å². The van der Waals surface area contributed by atoms with Crippen molar-refractivity contribution >= 4 is 63.8 Å². The summed E-state index contributed by atoms with van der Waals surface area (Å²) in [4.78, 5) is 36.3. The Morgan fingerprint density at radius 3 is 2.33 bits per heavy atom. The van der Waals surface area contributed by atoms with E-state index >= 15 is 0 Å². The van der Waals surface area contributed by atoms with Gasteiger partial charge in [0, 0.05) is 27.7 Å². The molecule has 0 bridgehead atoms. The number of halogens is 2. The number of carbonyl (C=O) groups excluding carboxylic acids is 2. The Labute approximate surface area is 204 Å². The van der Waals surface area contributed by atoms with Gasteiger partial charge in [0.05, 0.1) is 26.4 Å². The summed E-state index contributed by atoms with van der Waals surface area (Å²) in [7, 11) is 0. The van der Waals surface area contributed by atoms with Gasteiger partial charge in [0.1, 0.15) is 0 Å². The lowest BCUT2D eigenvalue weighted by Gasteiger charge is -2.14. The molecule has 3 rings (SSSR count). The number of aryl methyl sites for hydroxylation is 1. The Hall–Kier alpha value is -3.07. The lowest BCUT2D eigenvalue weighted by molar-refractivity contribution is -0.384. The van der Waals surface area contributed by atoms with Crippen LogP contribution in [0.15, 0.2) is 65.6 Å². The number of hydrogen-bond donors (Lipinski definition) is 2. The van der Waals surface area contributed by atoms with E-state index in [9.17, 15) is 19.7 Å². The molecule has 0 aliphatic carbocycles. The molecule has 0 radical (unpaired) electrons. The van der Waals surface area contributed by atoms with Gasteiger partial charge in [-0.1, -0.05) is 29.3 Å². The fraction of sp³-hybridized carbons (Fsp3) is 0.130. The third-order valence-corrected chi connectivity index (χ3v) is 6.32. The lowest BCUT2D eigenvalue weighted by Crippen LogP contribution is -2.22. The van der Waals surface area contributed by atoms with Crippen LogP contribution >= 0.6 is 35.0 Å². The van der Waals surface area contributed by atoms with E-state index in [1.54, 1.807) is 56.3 Å². The van der Waals surface area contributed by atoms with Crippen molar-refractivity contribution in [3.05, 3.63) is 92.0 Å². The zero-order chi connectivity index (χ0) is 24.1. The number of thioether (sulfide) groups is 1. The predicted octanol–water partition coefficient (Wildman–Crippen LogP) is 6.58. The molecule has 33 heavy (non-hydrogen) atoms. The number of nitrogens with one attached hydrogen (secondary N) is 2. The van der Waals surface area contributed by atoms with Gasteiger partial charge in [0.2, 0.25) is 5.91 Å². The number of rotatable bonds is 7. The highest BCUT2D eigenvalue weighted by atomic mass is 35.5. The normalized spacial score (nSPS) is 11.5. The van der Waals surface area contributed by atoms with Crippen LogP contribution in [0.5, 0.6) is 0 Å². The molecule has 1 unspecified atom stereocenters. The Balaban J connectivity index is 1.61. The number of hydrogen-bond acceptors (Lipinski definition) is 5. The summed E-state index contributed by atoms with van der Waals surface area (Å²) in [5.74, 6) is -0.643. The van der Waals surface area contributed by atoms with Crippen LogP contribution in [-0.2, 0) is 4.79 Å². The van der Waals surface area contributed by atoms with Crippen molar-refractivity contribution in [1.82, 2.24) is 0 Å². The van der Waals surface area contributed by atoms with E-state index < -0.39 is 10.2 Å². The maximum atomic E-state index is 12.6. The van der Waals surface area contributed by atoms with Crippen LogP contribution in [-0.4, -0.2) is 22.0 Å². The number of nitro groups is 1. The van der Waals surface area contributed by atoms with Crippen molar-refractivity contribution in [1.29, 1.82) is 0 Å². The van der Waals surface area contributed by atoms with Crippen LogP contribution in [0.25, 0.3) is 0 Å². The first-order chi connectivity index (χ1) is 15.6. The molecule has 0 aliphatic heterocycles. The molecule has 2 N–H and O–H groups in total. The van der Waals surface area contributed by atoms with Gasteiger partial charge in [-0.25, -0.2) is 0 Å². The number of anilines is 2. The van der Waals surface area contributed by atoms with Crippen LogP contribution in [0.1, 0.15) is 22.8 Å². The van der Waals surface area contributed by atoms with E-state index in [2.05, 4.69) is 10.6 Å². The first-order valence-corrected chi connectivity index (χ1v) is 11.4. The number of nitrogens with zero attached hydrogens (tertiary/aromatic N) is 1. The first kappa shape index (κ1) is 24.6. The van der Waals surface area contributed by atoms with Gasteiger partial charge in [0.25, 0.3) is 11.6 Å². The zero-order valence-electron chi connectivity index (χ0n) is 17.6. The molecule has 10 heteroatoms. The molecule has 170 valence electrons. The summed E-state index contributed by atoms with van der Waals surface area (Å²) in [5, 5.41) is 16.7. The molecule has 0 spiro atoms. The van der Waals surface area contributed by atoms with Gasteiger partial charge in [-0.2, -0.15) is 0 Å². The second kappa shape index (κ2) is 10.7. The van der Waals surface area contributed by atoms with Crippen LogP contribution in [0.2, 0.25) is 10.0 Å².